The van der Waals surface area contributed by atoms with Crippen molar-refractivity contribution < 1.29 is 0 Å². The quantitative estimate of drug-likeness (QED) is 0.647. The fraction of sp³-hybridized carbons (Fsp3) is 0.333. The lowest BCUT2D eigenvalue weighted by Crippen LogP contribution is -1.78. The summed E-state index contributed by atoms with van der Waals surface area (Å²) in [6, 6.07) is 8.50. The zero-order valence-corrected chi connectivity index (χ0v) is 7.26. The van der Waals surface area contributed by atoms with Crippen LogP contribution in [0.1, 0.15) is 24.3 Å². The van der Waals surface area contributed by atoms with Crippen LogP contribution in [-0.2, 0) is 0 Å². The SMILES string of the molecule is Brc1ccccc1C1CC1. The van der Waals surface area contributed by atoms with E-state index in [1.807, 2.05) is 0 Å². The number of hydrogen-bond acceptors (Lipinski definition) is 0. The van der Waals surface area contributed by atoms with E-state index in [-0.39, 0.29) is 0 Å². The zero-order valence-electron chi connectivity index (χ0n) is 5.68. The molecule has 52 valence electrons. The summed E-state index contributed by atoms with van der Waals surface area (Å²) in [5.41, 5.74) is 1.49. The van der Waals surface area contributed by atoms with Gasteiger partial charge in [0.05, 0.1) is 0 Å². The molecule has 1 aromatic carbocycles. The minimum atomic E-state index is 0.857. The van der Waals surface area contributed by atoms with Gasteiger partial charge in [0, 0.05) is 4.47 Å². The van der Waals surface area contributed by atoms with E-state index in [9.17, 15) is 0 Å². The Morgan fingerprint density at radius 2 is 1.90 bits per heavy atom. The van der Waals surface area contributed by atoms with Crippen LogP contribution in [0.4, 0.5) is 0 Å². The second-order valence-electron chi connectivity index (χ2n) is 2.80. The van der Waals surface area contributed by atoms with Crippen molar-refractivity contribution >= 4 is 15.9 Å². The summed E-state index contributed by atoms with van der Waals surface area (Å²) < 4.78 is 1.28. The van der Waals surface area contributed by atoms with Crippen LogP contribution in [0.5, 0.6) is 0 Å². The lowest BCUT2D eigenvalue weighted by molar-refractivity contribution is 1.12. The second-order valence-corrected chi connectivity index (χ2v) is 3.65. The van der Waals surface area contributed by atoms with Gasteiger partial charge < -0.3 is 0 Å². The van der Waals surface area contributed by atoms with Crippen molar-refractivity contribution in [3.63, 3.8) is 0 Å². The summed E-state index contributed by atoms with van der Waals surface area (Å²) in [4.78, 5) is 0. The molecular formula is C9H9Br. The van der Waals surface area contributed by atoms with Crippen LogP contribution in [0, 0.1) is 0 Å². The Labute approximate surface area is 69.4 Å². The lowest BCUT2D eigenvalue weighted by Gasteiger charge is -1.98. The highest BCUT2D eigenvalue weighted by atomic mass is 79.9. The topological polar surface area (TPSA) is 0 Å². The van der Waals surface area contributed by atoms with E-state index in [1.54, 1.807) is 0 Å². The molecule has 0 saturated heterocycles. The number of benzene rings is 1. The molecule has 0 N–H and O–H groups in total. The molecular weight excluding hydrogens is 188 g/mol. The standard InChI is InChI=1S/C9H9Br/c10-9-4-2-1-3-8(9)7-5-6-7/h1-4,7H,5-6H2. The summed E-state index contributed by atoms with van der Waals surface area (Å²) in [6.07, 6.45) is 2.76. The van der Waals surface area contributed by atoms with Crippen LogP contribution in [-0.4, -0.2) is 0 Å². The molecule has 0 atom stereocenters. The molecule has 10 heavy (non-hydrogen) atoms. The monoisotopic (exact) mass is 196 g/mol. The van der Waals surface area contributed by atoms with Crippen LogP contribution >= 0.6 is 15.9 Å². The maximum atomic E-state index is 3.54. The van der Waals surface area contributed by atoms with Crippen molar-refractivity contribution in [1.82, 2.24) is 0 Å². The Hall–Kier alpha value is -0.300. The normalized spacial score (nSPS) is 17.3. The van der Waals surface area contributed by atoms with Gasteiger partial charge in [-0.15, -0.1) is 0 Å². The molecule has 1 aliphatic carbocycles. The molecule has 1 fully saturated rings. The lowest BCUT2D eigenvalue weighted by atomic mass is 10.1. The van der Waals surface area contributed by atoms with Crippen LogP contribution in [0.3, 0.4) is 0 Å². The molecule has 0 aliphatic heterocycles. The number of rotatable bonds is 1. The molecule has 1 aromatic rings. The van der Waals surface area contributed by atoms with Crippen molar-refractivity contribution in [2.24, 2.45) is 0 Å². The van der Waals surface area contributed by atoms with Crippen LogP contribution in [0.15, 0.2) is 28.7 Å². The molecule has 0 spiro atoms. The van der Waals surface area contributed by atoms with Gasteiger partial charge in [0.25, 0.3) is 0 Å². The third-order valence-electron chi connectivity index (χ3n) is 1.92. The molecule has 0 nitrogen and oxygen atoms in total. The fourth-order valence-electron chi connectivity index (χ4n) is 1.20. The third-order valence-corrected chi connectivity index (χ3v) is 2.64. The van der Waals surface area contributed by atoms with Crippen LogP contribution in [0.2, 0.25) is 0 Å². The van der Waals surface area contributed by atoms with Crippen molar-refractivity contribution in [1.29, 1.82) is 0 Å². The van der Waals surface area contributed by atoms with Gasteiger partial charge in [-0.2, -0.15) is 0 Å². The first-order valence-corrected chi connectivity index (χ1v) is 4.41. The van der Waals surface area contributed by atoms with Gasteiger partial charge in [0.15, 0.2) is 0 Å². The molecule has 2 rings (SSSR count). The van der Waals surface area contributed by atoms with Crippen molar-refractivity contribution in [3.8, 4) is 0 Å². The van der Waals surface area contributed by atoms with E-state index in [1.165, 1.54) is 22.9 Å². The average Bonchev–Trinajstić information content (AvgIpc) is 2.71. The molecule has 1 heteroatoms. The van der Waals surface area contributed by atoms with Gasteiger partial charge in [-0.25, -0.2) is 0 Å². The highest BCUT2D eigenvalue weighted by Gasteiger charge is 2.24. The maximum Gasteiger partial charge on any atom is 0.0210 e. The van der Waals surface area contributed by atoms with Crippen molar-refractivity contribution in [2.75, 3.05) is 0 Å². The smallest absolute Gasteiger partial charge is 0.0210 e. The summed E-state index contributed by atoms with van der Waals surface area (Å²) in [6.45, 7) is 0. The first kappa shape index (κ1) is 6.41. The predicted molar refractivity (Wildman–Crippen MR) is 46.1 cm³/mol. The molecule has 0 amide bonds. The average molecular weight is 197 g/mol. The maximum absolute atomic E-state index is 3.54. The molecule has 0 unspecified atom stereocenters. The van der Waals surface area contributed by atoms with E-state index >= 15 is 0 Å². The van der Waals surface area contributed by atoms with Crippen LogP contribution < -0.4 is 0 Å². The van der Waals surface area contributed by atoms with E-state index in [0.717, 1.165) is 5.92 Å². The molecule has 0 radical (unpaired) electrons. The predicted octanol–water partition coefficient (Wildman–Crippen LogP) is 3.33. The number of halogens is 1. The van der Waals surface area contributed by atoms with E-state index < -0.39 is 0 Å². The largest absolute Gasteiger partial charge is 0.0619 e. The minimum Gasteiger partial charge on any atom is -0.0619 e. The van der Waals surface area contributed by atoms with Gasteiger partial charge in [0.1, 0.15) is 0 Å². The van der Waals surface area contributed by atoms with Gasteiger partial charge in [-0.1, -0.05) is 34.1 Å². The number of hydrogen-bond donors (Lipinski definition) is 0. The van der Waals surface area contributed by atoms with Gasteiger partial charge in [-0.05, 0) is 30.4 Å². The molecule has 1 aliphatic rings. The zero-order chi connectivity index (χ0) is 6.97. The molecule has 0 heterocycles. The van der Waals surface area contributed by atoms with E-state index in [4.69, 9.17) is 0 Å². The van der Waals surface area contributed by atoms with E-state index in [2.05, 4.69) is 40.2 Å². The highest BCUT2D eigenvalue weighted by molar-refractivity contribution is 9.10. The van der Waals surface area contributed by atoms with E-state index in [0.29, 0.717) is 0 Å². The summed E-state index contributed by atoms with van der Waals surface area (Å²) >= 11 is 3.54. The summed E-state index contributed by atoms with van der Waals surface area (Å²) in [5.74, 6) is 0.857. The summed E-state index contributed by atoms with van der Waals surface area (Å²) in [5, 5.41) is 0. The summed E-state index contributed by atoms with van der Waals surface area (Å²) in [7, 11) is 0. The first-order valence-electron chi connectivity index (χ1n) is 3.62. The molecule has 0 aromatic heterocycles. The second kappa shape index (κ2) is 2.39. The van der Waals surface area contributed by atoms with Crippen molar-refractivity contribution in [2.45, 2.75) is 18.8 Å². The Bertz CT molecular complexity index is 238. The van der Waals surface area contributed by atoms with Gasteiger partial charge in [0.2, 0.25) is 0 Å². The molecule has 0 bridgehead atoms. The Kier molecular flexibility index (Phi) is 1.53. The first-order chi connectivity index (χ1) is 4.88. The van der Waals surface area contributed by atoms with Crippen molar-refractivity contribution in [3.05, 3.63) is 34.3 Å². The Morgan fingerprint density at radius 3 is 2.50 bits per heavy atom. The third kappa shape index (κ3) is 1.10. The Morgan fingerprint density at radius 1 is 1.20 bits per heavy atom. The van der Waals surface area contributed by atoms with Gasteiger partial charge in [-0.3, -0.25) is 0 Å². The Balaban J connectivity index is 2.39. The fourth-order valence-corrected chi connectivity index (χ4v) is 1.81. The highest BCUT2D eigenvalue weighted by Crippen LogP contribution is 2.42. The van der Waals surface area contributed by atoms with Gasteiger partial charge >= 0.3 is 0 Å². The minimum absolute atomic E-state index is 0.857. The van der Waals surface area contributed by atoms with Crippen LogP contribution in [0.25, 0.3) is 0 Å². The molecule has 1 saturated carbocycles.